The van der Waals surface area contributed by atoms with Crippen LogP contribution >= 0.6 is 0 Å². The molecule has 3 rings (SSSR count). The number of anilines is 1. The number of aliphatic carboxylic acids is 1. The Kier molecular flexibility index (Phi) is 6.96. The molecule has 0 saturated carbocycles. The van der Waals surface area contributed by atoms with Crippen molar-refractivity contribution in [2.45, 2.75) is 11.4 Å². The number of carbonyl (C=O) groups is 2. The van der Waals surface area contributed by atoms with E-state index in [0.29, 0.717) is 16.8 Å². The van der Waals surface area contributed by atoms with Crippen LogP contribution in [-0.4, -0.2) is 37.1 Å². The van der Waals surface area contributed by atoms with Gasteiger partial charge < -0.3 is 15.7 Å². The number of nitrogens with one attached hydrogen (secondary N) is 3. The molecule has 0 unspecified atom stereocenters. The maximum atomic E-state index is 12.3. The van der Waals surface area contributed by atoms with Crippen molar-refractivity contribution in [1.82, 2.24) is 15.0 Å². The first-order valence-corrected chi connectivity index (χ1v) is 10.7. The van der Waals surface area contributed by atoms with Crippen LogP contribution in [0.15, 0.2) is 77.8 Å². The first-order valence-electron chi connectivity index (χ1n) is 9.20. The molecule has 0 atom stereocenters. The van der Waals surface area contributed by atoms with Gasteiger partial charge in [0.25, 0.3) is 0 Å². The average Bonchev–Trinajstić information content (AvgIpc) is 2.77. The van der Waals surface area contributed by atoms with Gasteiger partial charge in [-0.15, -0.1) is 0 Å². The molecule has 1 heterocycles. The molecule has 3 aromatic rings. The van der Waals surface area contributed by atoms with Crippen LogP contribution in [0.1, 0.15) is 5.69 Å². The minimum atomic E-state index is -3.97. The number of hydrogen-bond acceptors (Lipinski definition) is 5. The minimum Gasteiger partial charge on any atom is -0.480 e. The van der Waals surface area contributed by atoms with Crippen molar-refractivity contribution in [2.75, 3.05) is 11.9 Å². The minimum absolute atomic E-state index is 0.0577. The van der Waals surface area contributed by atoms with E-state index < -0.39 is 28.6 Å². The van der Waals surface area contributed by atoms with Gasteiger partial charge in [0.05, 0.1) is 17.1 Å². The third kappa shape index (κ3) is 6.36. The number of amides is 2. The van der Waals surface area contributed by atoms with Crippen molar-refractivity contribution in [2.24, 2.45) is 0 Å². The van der Waals surface area contributed by atoms with Crippen molar-refractivity contribution in [3.05, 3.63) is 78.6 Å². The number of urea groups is 1. The fourth-order valence-corrected chi connectivity index (χ4v) is 3.73. The number of nitrogens with zero attached hydrogens (tertiary/aromatic N) is 1. The van der Waals surface area contributed by atoms with Crippen molar-refractivity contribution < 1.29 is 23.1 Å². The molecule has 0 bridgehead atoms. The maximum absolute atomic E-state index is 12.3. The van der Waals surface area contributed by atoms with Crippen LogP contribution < -0.4 is 15.4 Å². The van der Waals surface area contributed by atoms with Crippen LogP contribution in [0, 0.1) is 0 Å². The topological polar surface area (TPSA) is 137 Å². The molecule has 10 heteroatoms. The molecule has 0 aliphatic carbocycles. The second-order valence-corrected chi connectivity index (χ2v) is 8.22. The molecule has 0 aliphatic rings. The predicted molar refractivity (Wildman–Crippen MR) is 115 cm³/mol. The monoisotopic (exact) mass is 440 g/mol. The molecule has 4 N–H and O–H groups in total. The van der Waals surface area contributed by atoms with E-state index in [4.69, 9.17) is 5.11 Å². The van der Waals surface area contributed by atoms with Crippen molar-refractivity contribution >= 4 is 27.7 Å². The van der Waals surface area contributed by atoms with Gasteiger partial charge in [0.15, 0.2) is 0 Å². The Balaban J connectivity index is 1.71. The summed E-state index contributed by atoms with van der Waals surface area (Å²) in [5.41, 5.74) is 2.52. The van der Waals surface area contributed by atoms with Gasteiger partial charge in [-0.3, -0.25) is 9.78 Å². The number of carboxylic acids is 1. The lowest BCUT2D eigenvalue weighted by atomic mass is 10.1. The highest BCUT2D eigenvalue weighted by atomic mass is 32.2. The van der Waals surface area contributed by atoms with Gasteiger partial charge in [0, 0.05) is 11.9 Å². The summed E-state index contributed by atoms with van der Waals surface area (Å²) in [4.78, 5) is 26.9. The van der Waals surface area contributed by atoms with Crippen molar-refractivity contribution in [1.29, 1.82) is 0 Å². The second-order valence-electron chi connectivity index (χ2n) is 6.46. The van der Waals surface area contributed by atoms with E-state index in [1.165, 1.54) is 12.1 Å². The Morgan fingerprint density at radius 2 is 1.68 bits per heavy atom. The van der Waals surface area contributed by atoms with E-state index in [0.717, 1.165) is 5.69 Å². The zero-order valence-electron chi connectivity index (χ0n) is 16.3. The Labute approximate surface area is 179 Å². The lowest BCUT2D eigenvalue weighted by Crippen LogP contribution is -2.29. The number of carbonyl (C=O) groups excluding carboxylic acids is 1. The van der Waals surface area contributed by atoms with E-state index in [1.807, 2.05) is 10.8 Å². The van der Waals surface area contributed by atoms with Crippen LogP contribution in [0.4, 0.5) is 10.5 Å². The van der Waals surface area contributed by atoms with Gasteiger partial charge in [-0.2, -0.15) is 4.72 Å². The van der Waals surface area contributed by atoms with Crippen LogP contribution in [0.5, 0.6) is 0 Å². The summed E-state index contributed by atoms with van der Waals surface area (Å²) in [5.74, 6) is -1.28. The number of aromatic nitrogens is 1. The summed E-state index contributed by atoms with van der Waals surface area (Å²) in [6.45, 7) is -0.435. The van der Waals surface area contributed by atoms with Crippen LogP contribution in [0.3, 0.4) is 0 Å². The first kappa shape index (κ1) is 21.9. The number of sulfonamides is 1. The van der Waals surface area contributed by atoms with Crippen LogP contribution in [-0.2, 0) is 21.4 Å². The summed E-state index contributed by atoms with van der Waals surface area (Å²) >= 11 is 0. The first-order chi connectivity index (χ1) is 14.8. The highest BCUT2D eigenvalue weighted by Gasteiger charge is 2.16. The molecule has 0 aliphatic heterocycles. The summed E-state index contributed by atoms with van der Waals surface area (Å²) in [5, 5.41) is 14.1. The number of rotatable bonds is 8. The molecule has 9 nitrogen and oxygen atoms in total. The zero-order chi connectivity index (χ0) is 22.3. The molecule has 31 heavy (non-hydrogen) atoms. The number of hydrogen-bond donors (Lipinski definition) is 4. The maximum Gasteiger partial charge on any atom is 0.319 e. The fraction of sp³-hybridized carbons (Fsp3) is 0.0952. The Hall–Kier alpha value is -3.76. The number of benzene rings is 2. The summed E-state index contributed by atoms with van der Waals surface area (Å²) < 4.78 is 26.6. The Bertz CT molecular complexity index is 1180. The Morgan fingerprint density at radius 1 is 0.935 bits per heavy atom. The highest BCUT2D eigenvalue weighted by molar-refractivity contribution is 7.89. The number of pyridine rings is 1. The normalized spacial score (nSPS) is 11.0. The molecular weight excluding hydrogens is 420 g/mol. The predicted octanol–water partition coefficient (Wildman–Crippen LogP) is 2.43. The quantitative estimate of drug-likeness (QED) is 0.425. The van der Waals surface area contributed by atoms with E-state index >= 15 is 0 Å². The van der Waals surface area contributed by atoms with Gasteiger partial charge in [0.1, 0.15) is 6.54 Å². The standard InChI is InChI=1S/C21H20N4O5S/c26-20(27)14-24-31(29,30)19-9-4-6-16(12-19)15-5-3-8-17(11-15)25-21(28)23-13-18-7-1-2-10-22-18/h1-12,24H,13-14H2,(H,26,27)(H2,23,25,28). The zero-order valence-corrected chi connectivity index (χ0v) is 17.1. The van der Waals surface area contributed by atoms with Gasteiger partial charge >= 0.3 is 12.0 Å². The van der Waals surface area contributed by atoms with Gasteiger partial charge in [-0.05, 0) is 47.5 Å². The van der Waals surface area contributed by atoms with E-state index in [9.17, 15) is 18.0 Å². The highest BCUT2D eigenvalue weighted by Crippen LogP contribution is 2.25. The van der Waals surface area contributed by atoms with E-state index in [2.05, 4.69) is 15.6 Å². The van der Waals surface area contributed by atoms with E-state index in [-0.39, 0.29) is 11.4 Å². The van der Waals surface area contributed by atoms with E-state index in [1.54, 1.807) is 54.7 Å². The molecule has 0 saturated heterocycles. The average molecular weight is 440 g/mol. The SMILES string of the molecule is O=C(O)CNS(=O)(=O)c1cccc(-c2cccc(NC(=O)NCc3ccccn3)c2)c1. The molecule has 160 valence electrons. The molecular formula is C21H20N4O5S. The lowest BCUT2D eigenvalue weighted by molar-refractivity contribution is -0.135. The summed E-state index contributed by atoms with van der Waals surface area (Å²) in [7, 11) is -3.97. The second kappa shape index (κ2) is 9.83. The fourth-order valence-electron chi connectivity index (χ4n) is 2.71. The molecule has 1 aromatic heterocycles. The van der Waals surface area contributed by atoms with Gasteiger partial charge in [-0.25, -0.2) is 13.2 Å². The van der Waals surface area contributed by atoms with Crippen molar-refractivity contribution in [3.63, 3.8) is 0 Å². The molecule has 2 aromatic carbocycles. The smallest absolute Gasteiger partial charge is 0.319 e. The van der Waals surface area contributed by atoms with Crippen molar-refractivity contribution in [3.8, 4) is 11.1 Å². The largest absolute Gasteiger partial charge is 0.480 e. The number of carboxylic acid groups (broad SMARTS) is 1. The molecule has 0 radical (unpaired) electrons. The Morgan fingerprint density at radius 3 is 2.39 bits per heavy atom. The summed E-state index contributed by atoms with van der Waals surface area (Å²) in [6, 6.07) is 18.0. The lowest BCUT2D eigenvalue weighted by Gasteiger charge is -2.10. The molecule has 2 amide bonds. The van der Waals surface area contributed by atoms with Gasteiger partial charge in [-0.1, -0.05) is 30.3 Å². The third-order valence-corrected chi connectivity index (χ3v) is 5.57. The molecule has 0 fully saturated rings. The summed E-state index contributed by atoms with van der Waals surface area (Å²) in [6.07, 6.45) is 1.64. The van der Waals surface area contributed by atoms with Crippen LogP contribution in [0.2, 0.25) is 0 Å². The van der Waals surface area contributed by atoms with Crippen LogP contribution in [0.25, 0.3) is 11.1 Å². The van der Waals surface area contributed by atoms with Gasteiger partial charge in [0.2, 0.25) is 10.0 Å². The molecule has 0 spiro atoms. The third-order valence-electron chi connectivity index (χ3n) is 4.17.